The topological polar surface area (TPSA) is 58.4 Å². The number of rotatable bonds is 3. The minimum Gasteiger partial charge on any atom is -0.390 e. The number of hydrogen-bond acceptors (Lipinski definition) is 3. The highest BCUT2D eigenvalue weighted by molar-refractivity contribution is 6.30. The van der Waals surface area contributed by atoms with E-state index in [1.54, 1.807) is 0 Å². The molecule has 1 saturated carbocycles. The first kappa shape index (κ1) is 16.6. The summed E-state index contributed by atoms with van der Waals surface area (Å²) in [6.45, 7) is 2.02. The van der Waals surface area contributed by atoms with E-state index in [0.717, 1.165) is 50.0 Å². The molecule has 1 aliphatic heterocycles. The summed E-state index contributed by atoms with van der Waals surface area (Å²) in [4.78, 5) is 15.4. The number of aryl methyl sites for hydroxylation is 1. The lowest BCUT2D eigenvalue weighted by molar-refractivity contribution is -0.141. The Balaban J connectivity index is 1.61. The maximum absolute atomic E-state index is 13.4. The predicted octanol–water partition coefficient (Wildman–Crippen LogP) is 2.88. The first-order valence-corrected chi connectivity index (χ1v) is 9.22. The molecule has 1 fully saturated rings. The summed E-state index contributed by atoms with van der Waals surface area (Å²) < 4.78 is 1.93. The highest BCUT2D eigenvalue weighted by Gasteiger charge is 2.47. The Kier molecular flexibility index (Phi) is 4.29. The molecule has 0 unspecified atom stereocenters. The van der Waals surface area contributed by atoms with E-state index in [-0.39, 0.29) is 12.5 Å². The third kappa shape index (κ3) is 2.85. The average Bonchev–Trinajstić information content (AvgIpc) is 2.86. The summed E-state index contributed by atoms with van der Waals surface area (Å²) in [5.41, 5.74) is 2.34. The normalized spacial score (nSPS) is 19.0. The van der Waals surface area contributed by atoms with Gasteiger partial charge in [0.25, 0.3) is 0 Å². The van der Waals surface area contributed by atoms with Crippen LogP contribution in [0.15, 0.2) is 30.3 Å². The van der Waals surface area contributed by atoms with Gasteiger partial charge in [-0.1, -0.05) is 30.2 Å². The van der Waals surface area contributed by atoms with Crippen molar-refractivity contribution in [3.63, 3.8) is 0 Å². The molecule has 1 N–H and O–H groups in total. The third-order valence-corrected chi connectivity index (χ3v) is 5.78. The number of amides is 1. The van der Waals surface area contributed by atoms with Gasteiger partial charge in [-0.25, -0.2) is 0 Å². The minimum atomic E-state index is -0.403. The van der Waals surface area contributed by atoms with Crippen molar-refractivity contribution in [1.29, 1.82) is 0 Å². The zero-order chi connectivity index (χ0) is 17.4. The Morgan fingerprint density at radius 1 is 1.20 bits per heavy atom. The fraction of sp³-hybridized carbons (Fsp3) is 0.474. The highest BCUT2D eigenvalue weighted by atomic mass is 35.5. The second-order valence-electron chi connectivity index (χ2n) is 7.03. The molecule has 1 amide bonds. The minimum absolute atomic E-state index is 0.0668. The SMILES string of the molecule is O=C(N1CCCn2nc(CO)cc2C1)C1(c2ccc(Cl)cc2)CCC1. The van der Waals surface area contributed by atoms with Crippen molar-refractivity contribution in [3.05, 3.63) is 52.3 Å². The van der Waals surface area contributed by atoms with Crippen LogP contribution in [0.2, 0.25) is 5.02 Å². The van der Waals surface area contributed by atoms with Gasteiger partial charge in [0.05, 0.1) is 30.0 Å². The summed E-state index contributed by atoms with van der Waals surface area (Å²) in [5.74, 6) is 0.210. The number of aliphatic hydroxyl groups excluding tert-OH is 1. The highest BCUT2D eigenvalue weighted by Crippen LogP contribution is 2.45. The molecule has 2 aliphatic rings. The van der Waals surface area contributed by atoms with E-state index in [1.165, 1.54) is 0 Å². The number of carbonyl (C=O) groups excluding carboxylic acids is 1. The molecule has 0 bridgehead atoms. The Labute approximate surface area is 152 Å². The lowest BCUT2D eigenvalue weighted by Crippen LogP contribution is -2.50. The lowest BCUT2D eigenvalue weighted by Gasteiger charge is -2.43. The van der Waals surface area contributed by atoms with Crippen LogP contribution in [-0.4, -0.2) is 32.2 Å². The van der Waals surface area contributed by atoms with Gasteiger partial charge in [0.1, 0.15) is 0 Å². The molecule has 1 aromatic heterocycles. The van der Waals surface area contributed by atoms with Gasteiger partial charge in [0.2, 0.25) is 5.91 Å². The van der Waals surface area contributed by atoms with E-state index >= 15 is 0 Å². The molecule has 132 valence electrons. The Bertz CT molecular complexity index is 780. The van der Waals surface area contributed by atoms with Gasteiger partial charge in [-0.3, -0.25) is 9.48 Å². The van der Waals surface area contributed by atoms with Crippen molar-refractivity contribution >= 4 is 17.5 Å². The number of benzene rings is 1. The van der Waals surface area contributed by atoms with Crippen LogP contribution in [0, 0.1) is 0 Å². The van der Waals surface area contributed by atoms with Crippen LogP contribution in [0.25, 0.3) is 0 Å². The molecule has 0 saturated heterocycles. The summed E-state index contributed by atoms with van der Waals surface area (Å²) >= 11 is 6.02. The Morgan fingerprint density at radius 3 is 2.60 bits per heavy atom. The van der Waals surface area contributed by atoms with Crippen LogP contribution in [0.5, 0.6) is 0 Å². The van der Waals surface area contributed by atoms with Crippen molar-refractivity contribution < 1.29 is 9.90 Å². The zero-order valence-electron chi connectivity index (χ0n) is 14.1. The van der Waals surface area contributed by atoms with Gasteiger partial charge >= 0.3 is 0 Å². The number of fused-ring (bicyclic) bond motifs is 1. The van der Waals surface area contributed by atoms with E-state index in [2.05, 4.69) is 5.10 Å². The Morgan fingerprint density at radius 2 is 1.96 bits per heavy atom. The number of aliphatic hydroxyl groups is 1. The number of carbonyl (C=O) groups is 1. The largest absolute Gasteiger partial charge is 0.390 e. The molecule has 6 heteroatoms. The standard InChI is InChI=1S/C19H22ClN3O2/c20-15-5-3-14(4-6-15)19(7-1-8-19)18(25)22-9-2-10-23-17(12-22)11-16(13-24)21-23/h3-6,11,24H,1-2,7-10,12-13H2. The van der Waals surface area contributed by atoms with Crippen LogP contribution in [0.4, 0.5) is 0 Å². The molecule has 25 heavy (non-hydrogen) atoms. The van der Waals surface area contributed by atoms with Crippen molar-refractivity contribution in [2.75, 3.05) is 6.54 Å². The van der Waals surface area contributed by atoms with Crippen LogP contribution in [0.3, 0.4) is 0 Å². The van der Waals surface area contributed by atoms with Gasteiger partial charge in [-0.15, -0.1) is 0 Å². The van der Waals surface area contributed by atoms with Crippen LogP contribution in [0.1, 0.15) is 42.6 Å². The van der Waals surface area contributed by atoms with Crippen molar-refractivity contribution in [3.8, 4) is 0 Å². The van der Waals surface area contributed by atoms with E-state index in [9.17, 15) is 9.90 Å². The number of aromatic nitrogens is 2. The van der Waals surface area contributed by atoms with E-state index in [1.807, 2.05) is 39.9 Å². The van der Waals surface area contributed by atoms with E-state index < -0.39 is 5.41 Å². The van der Waals surface area contributed by atoms with E-state index in [0.29, 0.717) is 17.3 Å². The van der Waals surface area contributed by atoms with Gasteiger partial charge in [-0.2, -0.15) is 5.10 Å². The first-order valence-electron chi connectivity index (χ1n) is 8.84. The first-order chi connectivity index (χ1) is 12.1. The molecule has 2 aromatic rings. The van der Waals surface area contributed by atoms with Crippen molar-refractivity contribution in [1.82, 2.24) is 14.7 Å². The Hall–Kier alpha value is -1.85. The summed E-state index contributed by atoms with van der Waals surface area (Å²) in [6.07, 6.45) is 3.74. The van der Waals surface area contributed by atoms with Crippen molar-refractivity contribution in [2.45, 2.75) is 50.8 Å². The average molecular weight is 360 g/mol. The molecule has 2 heterocycles. The second kappa shape index (κ2) is 6.46. The van der Waals surface area contributed by atoms with Crippen LogP contribution < -0.4 is 0 Å². The molecule has 0 radical (unpaired) electrons. The maximum atomic E-state index is 13.4. The summed E-state index contributed by atoms with van der Waals surface area (Å²) in [5, 5.41) is 14.4. The van der Waals surface area contributed by atoms with Gasteiger partial charge < -0.3 is 10.0 Å². The third-order valence-electron chi connectivity index (χ3n) is 5.53. The zero-order valence-corrected chi connectivity index (χ0v) is 14.9. The smallest absolute Gasteiger partial charge is 0.233 e. The van der Waals surface area contributed by atoms with Crippen LogP contribution in [-0.2, 0) is 29.9 Å². The molecule has 4 rings (SSSR count). The number of nitrogens with zero attached hydrogens (tertiary/aromatic N) is 3. The van der Waals surface area contributed by atoms with Gasteiger partial charge in [-0.05, 0) is 43.0 Å². The quantitative estimate of drug-likeness (QED) is 0.916. The predicted molar refractivity (Wildman–Crippen MR) is 95.2 cm³/mol. The summed E-state index contributed by atoms with van der Waals surface area (Å²) in [7, 11) is 0. The second-order valence-corrected chi connectivity index (χ2v) is 7.47. The summed E-state index contributed by atoms with van der Waals surface area (Å²) in [6, 6.07) is 9.63. The molecular weight excluding hydrogens is 338 g/mol. The van der Waals surface area contributed by atoms with Crippen molar-refractivity contribution in [2.24, 2.45) is 0 Å². The fourth-order valence-electron chi connectivity index (χ4n) is 4.00. The molecular formula is C19H22ClN3O2. The monoisotopic (exact) mass is 359 g/mol. The van der Waals surface area contributed by atoms with Gasteiger partial charge in [0, 0.05) is 18.1 Å². The molecule has 1 aromatic carbocycles. The van der Waals surface area contributed by atoms with Gasteiger partial charge in [0.15, 0.2) is 0 Å². The van der Waals surface area contributed by atoms with Crippen LogP contribution >= 0.6 is 11.6 Å². The maximum Gasteiger partial charge on any atom is 0.233 e. The molecule has 0 spiro atoms. The lowest BCUT2D eigenvalue weighted by atomic mass is 9.63. The molecule has 1 aliphatic carbocycles. The number of halogens is 1. The fourth-order valence-corrected chi connectivity index (χ4v) is 4.13. The molecule has 5 nitrogen and oxygen atoms in total. The number of hydrogen-bond donors (Lipinski definition) is 1. The van der Waals surface area contributed by atoms with E-state index in [4.69, 9.17) is 11.6 Å². The molecule has 0 atom stereocenters.